The Morgan fingerprint density at radius 2 is 1.88 bits per heavy atom. The second-order valence-corrected chi connectivity index (χ2v) is 7.04. The van der Waals surface area contributed by atoms with Gasteiger partial charge < -0.3 is 9.75 Å². The SMILES string of the molecule is CCSc1nnc(Cc2ccc(OC(C)C)cc2)c(=O)n1N(C)C. The number of nitrogens with zero attached hydrogens (tertiary/aromatic N) is 4. The van der Waals surface area contributed by atoms with Crippen molar-refractivity contribution < 1.29 is 4.74 Å². The van der Waals surface area contributed by atoms with Gasteiger partial charge >= 0.3 is 0 Å². The van der Waals surface area contributed by atoms with E-state index in [0.717, 1.165) is 17.1 Å². The molecule has 130 valence electrons. The van der Waals surface area contributed by atoms with Crippen LogP contribution in [0.3, 0.4) is 0 Å². The van der Waals surface area contributed by atoms with Crippen molar-refractivity contribution >= 4 is 11.8 Å². The summed E-state index contributed by atoms with van der Waals surface area (Å²) in [4.78, 5) is 12.7. The smallest absolute Gasteiger partial charge is 0.295 e. The van der Waals surface area contributed by atoms with E-state index in [1.165, 1.54) is 11.8 Å². The van der Waals surface area contributed by atoms with Crippen LogP contribution in [-0.2, 0) is 6.42 Å². The number of rotatable bonds is 7. The molecule has 7 heteroatoms. The van der Waals surface area contributed by atoms with Gasteiger partial charge in [0.05, 0.1) is 6.10 Å². The molecular weight excluding hydrogens is 324 g/mol. The van der Waals surface area contributed by atoms with Crippen LogP contribution in [0.5, 0.6) is 5.75 Å². The Morgan fingerprint density at radius 1 is 1.21 bits per heavy atom. The average molecular weight is 348 g/mol. The van der Waals surface area contributed by atoms with E-state index in [1.807, 2.05) is 59.1 Å². The summed E-state index contributed by atoms with van der Waals surface area (Å²) in [5.74, 6) is 1.65. The van der Waals surface area contributed by atoms with Crippen LogP contribution in [-0.4, -0.2) is 40.8 Å². The predicted octanol–water partition coefficient (Wildman–Crippen LogP) is 2.33. The Kier molecular flexibility index (Phi) is 6.25. The van der Waals surface area contributed by atoms with Gasteiger partial charge in [0, 0.05) is 20.5 Å². The highest BCUT2D eigenvalue weighted by atomic mass is 32.2. The van der Waals surface area contributed by atoms with Gasteiger partial charge in [-0.05, 0) is 37.3 Å². The van der Waals surface area contributed by atoms with Crippen molar-refractivity contribution in [1.29, 1.82) is 0 Å². The fourth-order valence-electron chi connectivity index (χ4n) is 2.23. The minimum Gasteiger partial charge on any atom is -0.491 e. The second-order valence-electron chi connectivity index (χ2n) is 5.81. The molecule has 1 aromatic heterocycles. The standard InChI is InChI=1S/C17H24N4O2S/c1-6-24-17-19-18-15(16(22)21(17)20(4)5)11-13-7-9-14(10-8-13)23-12(2)3/h7-10,12H,6,11H2,1-5H3. The molecule has 0 atom stereocenters. The number of thioether (sulfide) groups is 1. The van der Waals surface area contributed by atoms with Gasteiger partial charge in [-0.15, -0.1) is 10.2 Å². The largest absolute Gasteiger partial charge is 0.491 e. The molecule has 0 bridgehead atoms. The maximum absolute atomic E-state index is 12.7. The third-order valence-electron chi connectivity index (χ3n) is 3.22. The lowest BCUT2D eigenvalue weighted by Crippen LogP contribution is -2.40. The van der Waals surface area contributed by atoms with Gasteiger partial charge in [0.15, 0.2) is 0 Å². The van der Waals surface area contributed by atoms with E-state index < -0.39 is 0 Å². The molecule has 0 spiro atoms. The summed E-state index contributed by atoms with van der Waals surface area (Å²) < 4.78 is 7.20. The summed E-state index contributed by atoms with van der Waals surface area (Å²) in [5, 5.41) is 10.7. The van der Waals surface area contributed by atoms with Crippen LogP contribution < -0.4 is 15.3 Å². The molecule has 1 heterocycles. The molecular formula is C17H24N4O2S. The highest BCUT2D eigenvalue weighted by molar-refractivity contribution is 7.99. The van der Waals surface area contributed by atoms with Crippen molar-refractivity contribution in [3.05, 3.63) is 45.9 Å². The molecule has 0 aliphatic rings. The Labute approximate surface area is 146 Å². The third kappa shape index (κ3) is 4.50. The molecule has 0 amide bonds. The van der Waals surface area contributed by atoms with E-state index in [0.29, 0.717) is 17.3 Å². The molecule has 6 nitrogen and oxygen atoms in total. The van der Waals surface area contributed by atoms with Gasteiger partial charge in [0.25, 0.3) is 5.56 Å². The normalized spacial score (nSPS) is 10.9. The van der Waals surface area contributed by atoms with Crippen LogP contribution in [0.25, 0.3) is 0 Å². The topological polar surface area (TPSA) is 60.3 Å². The van der Waals surface area contributed by atoms with Crippen molar-refractivity contribution in [1.82, 2.24) is 14.9 Å². The van der Waals surface area contributed by atoms with Gasteiger partial charge in [-0.25, -0.2) is 0 Å². The summed E-state index contributed by atoms with van der Waals surface area (Å²) >= 11 is 1.50. The highest BCUT2D eigenvalue weighted by Crippen LogP contribution is 2.16. The molecule has 0 aliphatic heterocycles. The molecule has 0 radical (unpaired) electrons. The van der Waals surface area contributed by atoms with Gasteiger partial charge in [-0.3, -0.25) is 4.79 Å². The van der Waals surface area contributed by atoms with E-state index in [2.05, 4.69) is 10.2 Å². The Hall–Kier alpha value is -2.02. The van der Waals surface area contributed by atoms with Crippen LogP contribution in [0.2, 0.25) is 0 Å². The number of ether oxygens (including phenoxy) is 1. The lowest BCUT2D eigenvalue weighted by molar-refractivity contribution is 0.242. The van der Waals surface area contributed by atoms with Crippen molar-refractivity contribution in [3.8, 4) is 5.75 Å². The van der Waals surface area contributed by atoms with Crippen LogP contribution in [0.15, 0.2) is 34.2 Å². The third-order valence-corrected chi connectivity index (χ3v) is 4.02. The molecule has 0 unspecified atom stereocenters. The zero-order valence-corrected chi connectivity index (χ0v) is 15.6. The highest BCUT2D eigenvalue weighted by Gasteiger charge is 2.14. The zero-order chi connectivity index (χ0) is 17.7. The van der Waals surface area contributed by atoms with Gasteiger partial charge in [-0.2, -0.15) is 4.68 Å². The minimum atomic E-state index is -0.131. The minimum absolute atomic E-state index is 0.131. The molecule has 24 heavy (non-hydrogen) atoms. The van der Waals surface area contributed by atoms with E-state index in [1.54, 1.807) is 9.69 Å². The molecule has 0 N–H and O–H groups in total. The van der Waals surface area contributed by atoms with E-state index in [9.17, 15) is 4.79 Å². The zero-order valence-electron chi connectivity index (χ0n) is 14.8. The molecule has 0 aliphatic carbocycles. The maximum atomic E-state index is 12.7. The number of aromatic nitrogens is 3. The lowest BCUT2D eigenvalue weighted by Gasteiger charge is -2.19. The summed E-state index contributed by atoms with van der Waals surface area (Å²) in [6.45, 7) is 6.00. The number of benzene rings is 1. The van der Waals surface area contributed by atoms with Crippen LogP contribution >= 0.6 is 11.8 Å². The molecule has 0 saturated heterocycles. The molecule has 2 rings (SSSR count). The fraction of sp³-hybridized carbons (Fsp3) is 0.471. The molecule has 0 fully saturated rings. The number of hydrogen-bond donors (Lipinski definition) is 0. The molecule has 1 aromatic carbocycles. The molecule has 0 saturated carbocycles. The lowest BCUT2D eigenvalue weighted by atomic mass is 10.1. The monoisotopic (exact) mass is 348 g/mol. The van der Waals surface area contributed by atoms with Crippen LogP contribution in [0, 0.1) is 0 Å². The maximum Gasteiger partial charge on any atom is 0.295 e. The van der Waals surface area contributed by atoms with Gasteiger partial charge in [0.2, 0.25) is 5.16 Å². The van der Waals surface area contributed by atoms with E-state index >= 15 is 0 Å². The van der Waals surface area contributed by atoms with Gasteiger partial charge in [0.1, 0.15) is 11.4 Å². The fourth-order valence-corrected chi connectivity index (χ4v) is 2.96. The van der Waals surface area contributed by atoms with Crippen molar-refractivity contribution in [3.63, 3.8) is 0 Å². The summed E-state index contributed by atoms with van der Waals surface area (Å²) in [7, 11) is 3.65. The second kappa shape index (κ2) is 8.19. The summed E-state index contributed by atoms with van der Waals surface area (Å²) in [5.41, 5.74) is 1.30. The number of hydrogen-bond acceptors (Lipinski definition) is 6. The van der Waals surface area contributed by atoms with Crippen LogP contribution in [0.1, 0.15) is 32.0 Å². The summed E-state index contributed by atoms with van der Waals surface area (Å²) in [6.07, 6.45) is 0.580. The first kappa shape index (κ1) is 18.3. The van der Waals surface area contributed by atoms with E-state index in [-0.39, 0.29) is 11.7 Å². The molecule has 2 aromatic rings. The van der Waals surface area contributed by atoms with Crippen molar-refractivity contribution in [2.45, 2.75) is 38.5 Å². The average Bonchev–Trinajstić information content (AvgIpc) is 2.51. The van der Waals surface area contributed by atoms with Gasteiger partial charge in [-0.1, -0.05) is 30.8 Å². The first-order valence-electron chi connectivity index (χ1n) is 7.97. The van der Waals surface area contributed by atoms with E-state index in [4.69, 9.17) is 4.74 Å². The predicted molar refractivity (Wildman–Crippen MR) is 97.8 cm³/mol. The Bertz CT molecular complexity index is 726. The van der Waals surface area contributed by atoms with Crippen molar-refractivity contribution in [2.24, 2.45) is 0 Å². The Morgan fingerprint density at radius 3 is 2.42 bits per heavy atom. The summed E-state index contributed by atoms with van der Waals surface area (Å²) in [6, 6.07) is 7.73. The quantitative estimate of drug-likeness (QED) is 0.716. The Balaban J connectivity index is 2.26. The first-order chi connectivity index (χ1) is 11.4. The first-order valence-corrected chi connectivity index (χ1v) is 8.95. The van der Waals surface area contributed by atoms with Crippen LogP contribution in [0.4, 0.5) is 0 Å². The van der Waals surface area contributed by atoms with Crippen molar-refractivity contribution in [2.75, 3.05) is 24.9 Å².